The van der Waals surface area contributed by atoms with Gasteiger partial charge in [0.25, 0.3) is 0 Å². The lowest BCUT2D eigenvalue weighted by atomic mass is 10.1. The topological polar surface area (TPSA) is 59.1 Å². The molecule has 0 unspecified atom stereocenters. The summed E-state index contributed by atoms with van der Waals surface area (Å²) in [6.45, 7) is 0.220. The first kappa shape index (κ1) is 13.5. The zero-order chi connectivity index (χ0) is 13.8. The van der Waals surface area contributed by atoms with Gasteiger partial charge < -0.3 is 10.5 Å². The molecule has 3 N–H and O–H groups in total. The highest BCUT2D eigenvalue weighted by Gasteiger charge is 2.08. The highest BCUT2D eigenvalue weighted by atomic mass is 79.9. The Morgan fingerprint density at radius 2 is 2.00 bits per heavy atom. The molecule has 3 nitrogen and oxygen atoms in total. The Bertz CT molecular complexity index is 616. The van der Waals surface area contributed by atoms with E-state index in [1.54, 1.807) is 6.07 Å². The van der Waals surface area contributed by atoms with Gasteiger partial charge in [-0.15, -0.1) is 0 Å². The first-order chi connectivity index (χ1) is 9.08. The molecule has 0 spiro atoms. The van der Waals surface area contributed by atoms with Crippen molar-refractivity contribution in [2.45, 2.75) is 6.61 Å². The molecule has 0 aliphatic rings. The van der Waals surface area contributed by atoms with Gasteiger partial charge in [-0.25, -0.2) is 4.39 Å². The number of nitrogens with one attached hydrogen (secondary N) is 1. The second-order valence-corrected chi connectivity index (χ2v) is 4.79. The normalized spacial score (nSPS) is 10.2. The maximum Gasteiger partial charge on any atom is 0.133 e. The minimum absolute atomic E-state index is 0.176. The molecule has 2 aromatic rings. The predicted octanol–water partition coefficient (Wildman–Crippen LogP) is 3.45. The van der Waals surface area contributed by atoms with Crippen molar-refractivity contribution < 1.29 is 9.13 Å². The quantitative estimate of drug-likeness (QED) is 0.669. The molecule has 0 aliphatic carbocycles. The van der Waals surface area contributed by atoms with Gasteiger partial charge in [-0.05, 0) is 40.2 Å². The summed E-state index contributed by atoms with van der Waals surface area (Å²) in [5, 5.41) is 7.44. The molecule has 2 rings (SSSR count). The molecule has 98 valence electrons. The fourth-order valence-corrected chi connectivity index (χ4v) is 2.04. The van der Waals surface area contributed by atoms with Crippen molar-refractivity contribution in [1.82, 2.24) is 0 Å². The number of rotatable bonds is 4. The molecular formula is C14H12BrFN2O. The van der Waals surface area contributed by atoms with Gasteiger partial charge in [-0.1, -0.05) is 18.2 Å². The smallest absolute Gasteiger partial charge is 0.133 e. The number of hydrogen-bond donors (Lipinski definition) is 2. The Balaban J connectivity index is 2.20. The van der Waals surface area contributed by atoms with Crippen LogP contribution in [0.5, 0.6) is 5.75 Å². The number of hydrogen-bond acceptors (Lipinski definition) is 2. The molecule has 0 heterocycles. The van der Waals surface area contributed by atoms with E-state index in [9.17, 15) is 4.39 Å². The SMILES string of the molecule is N=C(N)c1cc(F)ccc1COc1ccccc1Br. The van der Waals surface area contributed by atoms with Gasteiger partial charge in [0, 0.05) is 11.1 Å². The van der Waals surface area contributed by atoms with E-state index >= 15 is 0 Å². The molecule has 0 saturated heterocycles. The fourth-order valence-electron chi connectivity index (χ4n) is 1.64. The van der Waals surface area contributed by atoms with Gasteiger partial charge in [-0.3, -0.25) is 5.41 Å². The lowest BCUT2D eigenvalue weighted by Crippen LogP contribution is -2.15. The summed E-state index contributed by atoms with van der Waals surface area (Å²) >= 11 is 3.38. The highest BCUT2D eigenvalue weighted by molar-refractivity contribution is 9.10. The van der Waals surface area contributed by atoms with Crippen LogP contribution >= 0.6 is 15.9 Å². The zero-order valence-electron chi connectivity index (χ0n) is 9.99. The van der Waals surface area contributed by atoms with E-state index in [1.165, 1.54) is 12.1 Å². The van der Waals surface area contributed by atoms with Crippen molar-refractivity contribution >= 4 is 21.8 Å². The lowest BCUT2D eigenvalue weighted by Gasteiger charge is -2.11. The van der Waals surface area contributed by atoms with E-state index in [2.05, 4.69) is 15.9 Å². The summed E-state index contributed by atoms with van der Waals surface area (Å²) < 4.78 is 19.6. The van der Waals surface area contributed by atoms with Crippen LogP contribution in [0.1, 0.15) is 11.1 Å². The molecule has 2 aromatic carbocycles. The summed E-state index contributed by atoms with van der Waals surface area (Å²) in [7, 11) is 0. The van der Waals surface area contributed by atoms with E-state index in [0.717, 1.165) is 4.47 Å². The first-order valence-electron chi connectivity index (χ1n) is 5.58. The van der Waals surface area contributed by atoms with Crippen molar-refractivity contribution in [3.63, 3.8) is 0 Å². The van der Waals surface area contributed by atoms with Crippen molar-refractivity contribution in [1.29, 1.82) is 5.41 Å². The number of halogens is 2. The number of ether oxygens (including phenoxy) is 1. The molecule has 19 heavy (non-hydrogen) atoms. The Morgan fingerprint density at radius 1 is 1.26 bits per heavy atom. The summed E-state index contributed by atoms with van der Waals surface area (Å²) in [6, 6.07) is 11.6. The standard InChI is InChI=1S/C14H12BrFN2O/c15-12-3-1-2-4-13(12)19-8-9-5-6-10(16)7-11(9)14(17)18/h1-7H,8H2,(H3,17,18). The van der Waals surface area contributed by atoms with E-state index in [0.29, 0.717) is 16.9 Å². The van der Waals surface area contributed by atoms with E-state index in [1.807, 2.05) is 24.3 Å². The summed E-state index contributed by atoms with van der Waals surface area (Å²) in [5.41, 5.74) is 6.46. The van der Waals surface area contributed by atoms with Gasteiger partial charge in [0.2, 0.25) is 0 Å². The van der Waals surface area contributed by atoms with Crippen LogP contribution in [-0.4, -0.2) is 5.84 Å². The molecule has 0 aliphatic heterocycles. The maximum absolute atomic E-state index is 13.1. The van der Waals surface area contributed by atoms with Crippen molar-refractivity contribution in [3.8, 4) is 5.75 Å². The Morgan fingerprint density at radius 3 is 2.68 bits per heavy atom. The molecule has 0 fully saturated rings. The maximum atomic E-state index is 13.1. The average molecular weight is 323 g/mol. The first-order valence-corrected chi connectivity index (χ1v) is 6.37. The third kappa shape index (κ3) is 3.32. The number of benzene rings is 2. The van der Waals surface area contributed by atoms with Crippen LogP contribution in [0.3, 0.4) is 0 Å². The largest absolute Gasteiger partial charge is 0.488 e. The zero-order valence-corrected chi connectivity index (χ0v) is 11.6. The Kier molecular flexibility index (Phi) is 4.16. The van der Waals surface area contributed by atoms with Crippen LogP contribution in [0, 0.1) is 11.2 Å². The number of nitrogen functional groups attached to an aromatic ring is 1. The van der Waals surface area contributed by atoms with Crippen LogP contribution in [0.4, 0.5) is 4.39 Å². The van der Waals surface area contributed by atoms with Crippen LogP contribution in [0.15, 0.2) is 46.9 Å². The molecule has 5 heteroatoms. The monoisotopic (exact) mass is 322 g/mol. The lowest BCUT2D eigenvalue weighted by molar-refractivity contribution is 0.304. The molecule has 0 bridgehead atoms. The van der Waals surface area contributed by atoms with Gasteiger partial charge in [0.15, 0.2) is 0 Å². The van der Waals surface area contributed by atoms with Gasteiger partial charge in [0.05, 0.1) is 4.47 Å². The number of amidine groups is 1. The number of nitrogens with two attached hydrogens (primary N) is 1. The second-order valence-electron chi connectivity index (χ2n) is 3.93. The van der Waals surface area contributed by atoms with Crippen molar-refractivity contribution in [2.75, 3.05) is 0 Å². The fraction of sp³-hybridized carbons (Fsp3) is 0.0714. The molecule has 0 aromatic heterocycles. The highest BCUT2D eigenvalue weighted by Crippen LogP contribution is 2.25. The third-order valence-corrected chi connectivity index (χ3v) is 3.24. The summed E-state index contributed by atoms with van der Waals surface area (Å²) in [5.74, 6) is 0.0846. The van der Waals surface area contributed by atoms with Crippen LogP contribution < -0.4 is 10.5 Å². The van der Waals surface area contributed by atoms with E-state index < -0.39 is 5.82 Å². The number of para-hydroxylation sites is 1. The van der Waals surface area contributed by atoms with Crippen LogP contribution in [0.2, 0.25) is 0 Å². The molecule has 0 amide bonds. The van der Waals surface area contributed by atoms with E-state index in [4.69, 9.17) is 15.9 Å². The van der Waals surface area contributed by atoms with Crippen molar-refractivity contribution in [3.05, 3.63) is 63.9 Å². The minimum Gasteiger partial charge on any atom is -0.488 e. The predicted molar refractivity (Wildman–Crippen MR) is 75.9 cm³/mol. The summed E-state index contributed by atoms with van der Waals surface area (Å²) in [6.07, 6.45) is 0. The van der Waals surface area contributed by atoms with E-state index in [-0.39, 0.29) is 12.4 Å². The molecule has 0 saturated carbocycles. The third-order valence-electron chi connectivity index (χ3n) is 2.58. The Labute approximate surface area is 118 Å². The molecular weight excluding hydrogens is 311 g/mol. The minimum atomic E-state index is -0.421. The van der Waals surface area contributed by atoms with Gasteiger partial charge >= 0.3 is 0 Å². The molecule has 0 radical (unpaired) electrons. The van der Waals surface area contributed by atoms with Gasteiger partial charge in [0.1, 0.15) is 24.0 Å². The molecule has 0 atom stereocenters. The van der Waals surface area contributed by atoms with Gasteiger partial charge in [-0.2, -0.15) is 0 Å². The second kappa shape index (κ2) is 5.84. The van der Waals surface area contributed by atoms with Crippen LogP contribution in [0.25, 0.3) is 0 Å². The van der Waals surface area contributed by atoms with Crippen molar-refractivity contribution in [2.24, 2.45) is 5.73 Å². The Hall–Kier alpha value is -1.88. The summed E-state index contributed by atoms with van der Waals surface area (Å²) in [4.78, 5) is 0. The average Bonchev–Trinajstić information content (AvgIpc) is 2.38. The van der Waals surface area contributed by atoms with Crippen LogP contribution in [-0.2, 0) is 6.61 Å².